The van der Waals surface area contributed by atoms with Crippen molar-refractivity contribution < 1.29 is 9.53 Å². The molecule has 13 heavy (non-hydrogen) atoms. The van der Waals surface area contributed by atoms with E-state index in [-0.39, 0.29) is 11.4 Å². The fourth-order valence-corrected chi connectivity index (χ4v) is 1.96. The van der Waals surface area contributed by atoms with Gasteiger partial charge in [-0.25, -0.2) is 0 Å². The minimum atomic E-state index is -0.275. The third kappa shape index (κ3) is 2.44. The third-order valence-corrected chi connectivity index (χ3v) is 2.66. The molecule has 1 heterocycles. The number of ether oxygens (including phenoxy) is 1. The molecule has 0 saturated carbocycles. The van der Waals surface area contributed by atoms with Crippen LogP contribution in [0.2, 0.25) is 0 Å². The summed E-state index contributed by atoms with van der Waals surface area (Å²) in [5.74, 6) is -0.0402. The van der Waals surface area contributed by atoms with Gasteiger partial charge in [-0.2, -0.15) is 0 Å². The first-order valence-electron chi connectivity index (χ1n) is 4.94. The van der Waals surface area contributed by atoms with Crippen LogP contribution in [0.1, 0.15) is 26.7 Å². The molecular formula is C10H19NO2. The van der Waals surface area contributed by atoms with Gasteiger partial charge in [0.25, 0.3) is 0 Å². The van der Waals surface area contributed by atoms with E-state index in [4.69, 9.17) is 4.74 Å². The third-order valence-electron chi connectivity index (χ3n) is 2.66. The highest BCUT2D eigenvalue weighted by Crippen LogP contribution is 2.29. The lowest BCUT2D eigenvalue weighted by molar-refractivity contribution is -0.157. The number of piperidine rings is 1. The summed E-state index contributed by atoms with van der Waals surface area (Å²) in [6.07, 6.45) is 2.04. The summed E-state index contributed by atoms with van der Waals surface area (Å²) < 4.78 is 5.07. The predicted octanol–water partition coefficient (Wildman–Crippen LogP) is 1.28. The Labute approximate surface area is 80.1 Å². The van der Waals surface area contributed by atoms with Crippen molar-refractivity contribution in [2.24, 2.45) is 5.41 Å². The number of nitrogens with zero attached hydrogens (tertiary/aromatic N) is 1. The lowest BCUT2D eigenvalue weighted by Crippen LogP contribution is -2.45. The van der Waals surface area contributed by atoms with Gasteiger partial charge in [-0.05, 0) is 40.3 Å². The summed E-state index contributed by atoms with van der Waals surface area (Å²) in [6, 6.07) is 0. The maximum absolute atomic E-state index is 11.6. The number of hydrogen-bond acceptors (Lipinski definition) is 3. The predicted molar refractivity (Wildman–Crippen MR) is 51.5 cm³/mol. The van der Waals surface area contributed by atoms with E-state index in [1.54, 1.807) is 0 Å². The average molecular weight is 185 g/mol. The summed E-state index contributed by atoms with van der Waals surface area (Å²) in [5.41, 5.74) is -0.275. The Kier molecular flexibility index (Phi) is 3.31. The number of carbonyl (C=O) groups excluding carboxylic acids is 1. The second kappa shape index (κ2) is 4.09. The van der Waals surface area contributed by atoms with E-state index in [0.29, 0.717) is 6.61 Å². The lowest BCUT2D eigenvalue weighted by Gasteiger charge is -2.36. The Balaban J connectivity index is 2.57. The van der Waals surface area contributed by atoms with Crippen molar-refractivity contribution in [3.63, 3.8) is 0 Å². The van der Waals surface area contributed by atoms with E-state index in [1.807, 2.05) is 13.8 Å². The second-order valence-corrected chi connectivity index (χ2v) is 4.12. The highest BCUT2D eigenvalue weighted by Gasteiger charge is 2.37. The fraction of sp³-hybridized carbons (Fsp3) is 0.900. The maximum atomic E-state index is 11.6. The van der Waals surface area contributed by atoms with Crippen LogP contribution < -0.4 is 0 Å². The molecule has 0 amide bonds. The van der Waals surface area contributed by atoms with Gasteiger partial charge >= 0.3 is 5.97 Å². The van der Waals surface area contributed by atoms with E-state index in [9.17, 15) is 4.79 Å². The maximum Gasteiger partial charge on any atom is 0.313 e. The topological polar surface area (TPSA) is 29.5 Å². The van der Waals surface area contributed by atoms with Crippen LogP contribution in [0.5, 0.6) is 0 Å². The van der Waals surface area contributed by atoms with Gasteiger partial charge in [-0.3, -0.25) is 4.79 Å². The molecule has 1 fully saturated rings. The van der Waals surface area contributed by atoms with Crippen molar-refractivity contribution in [2.75, 3.05) is 26.7 Å². The number of likely N-dealkylation sites (tertiary alicyclic amines) is 1. The average Bonchev–Trinajstić information content (AvgIpc) is 2.04. The van der Waals surface area contributed by atoms with Crippen LogP contribution in [0.15, 0.2) is 0 Å². The van der Waals surface area contributed by atoms with Crippen LogP contribution in [-0.2, 0) is 9.53 Å². The molecule has 1 atom stereocenters. The Morgan fingerprint density at radius 3 is 2.85 bits per heavy atom. The lowest BCUT2D eigenvalue weighted by atomic mass is 9.82. The minimum absolute atomic E-state index is 0.0402. The summed E-state index contributed by atoms with van der Waals surface area (Å²) in [4.78, 5) is 13.8. The highest BCUT2D eigenvalue weighted by atomic mass is 16.5. The Hall–Kier alpha value is -0.570. The summed E-state index contributed by atoms with van der Waals surface area (Å²) in [5, 5.41) is 0. The highest BCUT2D eigenvalue weighted by molar-refractivity contribution is 5.76. The molecule has 1 rings (SSSR count). The molecule has 0 aromatic rings. The van der Waals surface area contributed by atoms with Crippen molar-refractivity contribution >= 4 is 5.97 Å². The molecule has 0 aromatic carbocycles. The van der Waals surface area contributed by atoms with E-state index in [2.05, 4.69) is 11.9 Å². The van der Waals surface area contributed by atoms with Crippen LogP contribution in [-0.4, -0.2) is 37.6 Å². The zero-order valence-corrected chi connectivity index (χ0v) is 8.80. The molecule has 0 aromatic heterocycles. The summed E-state index contributed by atoms with van der Waals surface area (Å²) >= 11 is 0. The fourth-order valence-electron chi connectivity index (χ4n) is 1.96. The molecule has 0 radical (unpaired) electrons. The van der Waals surface area contributed by atoms with Crippen molar-refractivity contribution in [3.8, 4) is 0 Å². The van der Waals surface area contributed by atoms with E-state index in [1.165, 1.54) is 0 Å². The zero-order valence-electron chi connectivity index (χ0n) is 8.80. The number of hydrogen-bond donors (Lipinski definition) is 0. The van der Waals surface area contributed by atoms with Gasteiger partial charge in [0.05, 0.1) is 12.0 Å². The quantitative estimate of drug-likeness (QED) is 0.607. The van der Waals surface area contributed by atoms with Gasteiger partial charge in [0.2, 0.25) is 0 Å². The molecule has 0 spiro atoms. The molecule has 0 unspecified atom stereocenters. The SMILES string of the molecule is CCOC(=O)[C@@]1(C)CCCN(C)C1. The van der Waals surface area contributed by atoms with Gasteiger partial charge < -0.3 is 9.64 Å². The summed E-state index contributed by atoms with van der Waals surface area (Å²) in [6.45, 7) is 6.26. The minimum Gasteiger partial charge on any atom is -0.466 e. The van der Waals surface area contributed by atoms with Gasteiger partial charge in [0.15, 0.2) is 0 Å². The van der Waals surface area contributed by atoms with Crippen molar-refractivity contribution in [3.05, 3.63) is 0 Å². The molecular weight excluding hydrogens is 166 g/mol. The van der Waals surface area contributed by atoms with Crippen LogP contribution in [0.4, 0.5) is 0 Å². The van der Waals surface area contributed by atoms with Gasteiger partial charge in [0.1, 0.15) is 0 Å². The van der Waals surface area contributed by atoms with Crippen molar-refractivity contribution in [1.82, 2.24) is 4.90 Å². The first kappa shape index (κ1) is 10.5. The van der Waals surface area contributed by atoms with Crippen LogP contribution in [0.3, 0.4) is 0 Å². The normalized spacial score (nSPS) is 30.1. The molecule has 3 heteroatoms. The molecule has 76 valence electrons. The Bertz CT molecular complexity index is 193. The smallest absolute Gasteiger partial charge is 0.313 e. The molecule has 1 saturated heterocycles. The zero-order chi connectivity index (χ0) is 9.90. The van der Waals surface area contributed by atoms with Gasteiger partial charge in [-0.1, -0.05) is 0 Å². The summed E-state index contributed by atoms with van der Waals surface area (Å²) in [7, 11) is 2.05. The molecule has 0 bridgehead atoms. The van der Waals surface area contributed by atoms with Gasteiger partial charge in [-0.15, -0.1) is 0 Å². The van der Waals surface area contributed by atoms with Crippen molar-refractivity contribution in [1.29, 1.82) is 0 Å². The Morgan fingerprint density at radius 2 is 2.31 bits per heavy atom. The molecule has 1 aliphatic rings. The van der Waals surface area contributed by atoms with Crippen LogP contribution in [0, 0.1) is 5.41 Å². The monoisotopic (exact) mass is 185 g/mol. The number of carbonyl (C=O) groups is 1. The standard InChI is InChI=1S/C10H19NO2/c1-4-13-9(12)10(2)6-5-7-11(3)8-10/h4-8H2,1-3H3/t10-/m0/s1. The van der Waals surface area contributed by atoms with E-state index < -0.39 is 0 Å². The van der Waals surface area contributed by atoms with Crippen LogP contribution in [0.25, 0.3) is 0 Å². The first-order chi connectivity index (χ1) is 6.08. The number of esters is 1. The number of rotatable bonds is 2. The first-order valence-corrected chi connectivity index (χ1v) is 4.94. The van der Waals surface area contributed by atoms with Crippen molar-refractivity contribution in [2.45, 2.75) is 26.7 Å². The molecule has 3 nitrogen and oxygen atoms in total. The van der Waals surface area contributed by atoms with Gasteiger partial charge in [0, 0.05) is 6.54 Å². The van der Waals surface area contributed by atoms with E-state index in [0.717, 1.165) is 25.9 Å². The van der Waals surface area contributed by atoms with E-state index >= 15 is 0 Å². The van der Waals surface area contributed by atoms with Crippen LogP contribution >= 0.6 is 0 Å². The molecule has 0 aliphatic carbocycles. The molecule has 0 N–H and O–H groups in total. The Morgan fingerprint density at radius 1 is 1.62 bits per heavy atom. The second-order valence-electron chi connectivity index (χ2n) is 4.12. The molecule has 1 aliphatic heterocycles. The largest absolute Gasteiger partial charge is 0.466 e.